The number of hydrogen-bond acceptors (Lipinski definition) is 6. The van der Waals surface area contributed by atoms with Crippen molar-refractivity contribution in [2.45, 2.75) is 13.8 Å². The third kappa shape index (κ3) is 2.50. The van der Waals surface area contributed by atoms with Gasteiger partial charge >= 0.3 is 0 Å². The Morgan fingerprint density at radius 3 is 2.85 bits per heavy atom. The molecule has 0 radical (unpaired) electrons. The molecule has 0 saturated heterocycles. The van der Waals surface area contributed by atoms with E-state index in [1.54, 1.807) is 12.3 Å². The summed E-state index contributed by atoms with van der Waals surface area (Å²) in [6.45, 7) is 3.75. The Balaban J connectivity index is 1.85. The molecule has 0 aliphatic heterocycles. The second-order valence-corrected chi connectivity index (χ2v) is 6.21. The molecule has 102 valence electrons. The van der Waals surface area contributed by atoms with Crippen LogP contribution in [0.4, 0.5) is 5.13 Å². The molecular formula is C13H11N3O2S2. The first kappa shape index (κ1) is 13.0. The Bertz CT molecular complexity index is 744. The van der Waals surface area contributed by atoms with Crippen LogP contribution < -0.4 is 5.32 Å². The highest BCUT2D eigenvalue weighted by atomic mass is 32.1. The Kier molecular flexibility index (Phi) is 3.37. The summed E-state index contributed by atoms with van der Waals surface area (Å²) >= 11 is 2.83. The van der Waals surface area contributed by atoms with Gasteiger partial charge < -0.3 is 4.42 Å². The number of aromatic nitrogens is 2. The van der Waals surface area contributed by atoms with Gasteiger partial charge in [-0.3, -0.25) is 10.1 Å². The van der Waals surface area contributed by atoms with Crippen molar-refractivity contribution >= 4 is 33.7 Å². The molecule has 5 nitrogen and oxygen atoms in total. The number of hydrogen-bond donors (Lipinski definition) is 1. The number of furan rings is 1. The van der Waals surface area contributed by atoms with Gasteiger partial charge in [-0.15, -0.1) is 22.7 Å². The number of amides is 1. The first-order valence-corrected chi connectivity index (χ1v) is 7.58. The number of rotatable bonds is 3. The maximum absolute atomic E-state index is 12.2. The van der Waals surface area contributed by atoms with Gasteiger partial charge in [-0.05, 0) is 26.0 Å². The van der Waals surface area contributed by atoms with Crippen LogP contribution in [-0.2, 0) is 0 Å². The van der Waals surface area contributed by atoms with Crippen LogP contribution in [0.2, 0.25) is 0 Å². The first-order chi connectivity index (χ1) is 9.63. The fourth-order valence-corrected chi connectivity index (χ4v) is 3.24. The van der Waals surface area contributed by atoms with Crippen molar-refractivity contribution in [3.8, 4) is 10.8 Å². The van der Waals surface area contributed by atoms with Gasteiger partial charge in [0.15, 0.2) is 15.9 Å². The van der Waals surface area contributed by atoms with E-state index in [2.05, 4.69) is 15.3 Å². The minimum Gasteiger partial charge on any atom is -0.462 e. The first-order valence-electron chi connectivity index (χ1n) is 5.88. The topological polar surface area (TPSA) is 68.0 Å². The van der Waals surface area contributed by atoms with Crippen molar-refractivity contribution in [2.75, 3.05) is 5.32 Å². The molecule has 3 rings (SSSR count). The molecule has 0 bridgehead atoms. The normalized spacial score (nSPS) is 10.7. The third-order valence-corrected chi connectivity index (χ3v) is 4.44. The molecular weight excluding hydrogens is 294 g/mol. The van der Waals surface area contributed by atoms with E-state index in [9.17, 15) is 4.79 Å². The molecule has 0 unspecified atom stereocenters. The highest BCUT2D eigenvalue weighted by Crippen LogP contribution is 2.28. The molecule has 7 heteroatoms. The minimum atomic E-state index is -0.245. The molecule has 0 atom stereocenters. The lowest BCUT2D eigenvalue weighted by atomic mass is 10.3. The van der Waals surface area contributed by atoms with Crippen LogP contribution >= 0.6 is 22.7 Å². The molecule has 3 aromatic heterocycles. The molecule has 3 aromatic rings. The standard InChI is InChI=1S/C13H11N3O2S2/c1-7-6-19-13(14-7)16-11(17)10-8(2)20-12(15-10)9-4-3-5-18-9/h3-6H,1-2H3,(H,14,16,17). The number of nitrogens with zero attached hydrogens (tertiary/aromatic N) is 2. The van der Waals surface area contributed by atoms with E-state index in [1.165, 1.54) is 22.7 Å². The van der Waals surface area contributed by atoms with Crippen LogP contribution in [0.5, 0.6) is 0 Å². The lowest BCUT2D eigenvalue weighted by Gasteiger charge is -1.98. The number of anilines is 1. The van der Waals surface area contributed by atoms with Crippen LogP contribution in [0.15, 0.2) is 28.2 Å². The van der Waals surface area contributed by atoms with Crippen molar-refractivity contribution in [3.05, 3.63) is 40.0 Å². The van der Waals surface area contributed by atoms with E-state index < -0.39 is 0 Å². The van der Waals surface area contributed by atoms with Crippen molar-refractivity contribution in [1.29, 1.82) is 0 Å². The summed E-state index contributed by atoms with van der Waals surface area (Å²) in [7, 11) is 0. The summed E-state index contributed by atoms with van der Waals surface area (Å²) in [6.07, 6.45) is 1.59. The summed E-state index contributed by atoms with van der Waals surface area (Å²) in [5.41, 5.74) is 1.30. The molecule has 1 N–H and O–H groups in total. The van der Waals surface area contributed by atoms with E-state index in [0.717, 1.165) is 10.6 Å². The van der Waals surface area contributed by atoms with Crippen LogP contribution in [0.25, 0.3) is 10.8 Å². The second-order valence-electron chi connectivity index (χ2n) is 4.15. The molecule has 0 aliphatic rings. The highest BCUT2D eigenvalue weighted by Gasteiger charge is 2.18. The number of carbonyl (C=O) groups excluding carboxylic acids is 1. The average molecular weight is 305 g/mol. The summed E-state index contributed by atoms with van der Waals surface area (Å²) < 4.78 is 5.30. The van der Waals surface area contributed by atoms with Gasteiger partial charge in [0, 0.05) is 10.3 Å². The van der Waals surface area contributed by atoms with Gasteiger partial charge in [-0.2, -0.15) is 0 Å². The van der Waals surface area contributed by atoms with Gasteiger partial charge in [-0.1, -0.05) is 0 Å². The predicted octanol–water partition coefficient (Wildman–Crippen LogP) is 3.73. The summed E-state index contributed by atoms with van der Waals surface area (Å²) in [6, 6.07) is 3.62. The molecule has 0 spiro atoms. The van der Waals surface area contributed by atoms with Crippen molar-refractivity contribution in [3.63, 3.8) is 0 Å². The van der Waals surface area contributed by atoms with Crippen LogP contribution in [0.3, 0.4) is 0 Å². The summed E-state index contributed by atoms with van der Waals surface area (Å²) in [5, 5.41) is 5.93. The smallest absolute Gasteiger partial charge is 0.277 e. The summed E-state index contributed by atoms with van der Waals surface area (Å²) in [5.74, 6) is 0.424. The number of nitrogens with one attached hydrogen (secondary N) is 1. The highest BCUT2D eigenvalue weighted by molar-refractivity contribution is 7.15. The Hall–Kier alpha value is -1.99. The Labute approximate surface area is 123 Å². The fraction of sp³-hybridized carbons (Fsp3) is 0.154. The van der Waals surface area contributed by atoms with E-state index >= 15 is 0 Å². The SMILES string of the molecule is Cc1csc(NC(=O)c2nc(-c3ccco3)sc2C)n1. The zero-order valence-corrected chi connectivity index (χ0v) is 12.5. The molecule has 0 aromatic carbocycles. The van der Waals surface area contributed by atoms with Gasteiger partial charge in [0.05, 0.1) is 12.0 Å². The lowest BCUT2D eigenvalue weighted by molar-refractivity contribution is 0.102. The Morgan fingerprint density at radius 1 is 1.35 bits per heavy atom. The number of thiazole rings is 2. The van der Waals surface area contributed by atoms with Crippen molar-refractivity contribution < 1.29 is 9.21 Å². The van der Waals surface area contributed by atoms with E-state index in [0.29, 0.717) is 21.6 Å². The van der Waals surface area contributed by atoms with Gasteiger partial charge in [0.1, 0.15) is 5.69 Å². The molecule has 0 fully saturated rings. The fourth-order valence-electron chi connectivity index (χ4n) is 1.68. The van der Waals surface area contributed by atoms with Crippen LogP contribution in [0.1, 0.15) is 21.1 Å². The molecule has 1 amide bonds. The maximum atomic E-state index is 12.2. The largest absolute Gasteiger partial charge is 0.462 e. The third-order valence-electron chi connectivity index (χ3n) is 2.58. The van der Waals surface area contributed by atoms with Crippen molar-refractivity contribution in [2.24, 2.45) is 0 Å². The minimum absolute atomic E-state index is 0.245. The van der Waals surface area contributed by atoms with Crippen LogP contribution in [0, 0.1) is 13.8 Å². The maximum Gasteiger partial charge on any atom is 0.277 e. The van der Waals surface area contributed by atoms with Crippen molar-refractivity contribution in [1.82, 2.24) is 9.97 Å². The number of aryl methyl sites for hydroxylation is 2. The molecule has 20 heavy (non-hydrogen) atoms. The molecule has 0 aliphatic carbocycles. The van der Waals surface area contributed by atoms with Gasteiger partial charge in [0.25, 0.3) is 5.91 Å². The second kappa shape index (κ2) is 5.18. The summed E-state index contributed by atoms with van der Waals surface area (Å²) in [4.78, 5) is 21.6. The zero-order chi connectivity index (χ0) is 14.1. The monoisotopic (exact) mass is 305 g/mol. The number of carbonyl (C=O) groups is 1. The molecule has 0 saturated carbocycles. The van der Waals surface area contributed by atoms with Gasteiger partial charge in [-0.25, -0.2) is 9.97 Å². The van der Waals surface area contributed by atoms with Crippen LogP contribution in [-0.4, -0.2) is 15.9 Å². The van der Waals surface area contributed by atoms with E-state index in [1.807, 2.05) is 25.3 Å². The van der Waals surface area contributed by atoms with E-state index in [-0.39, 0.29) is 5.91 Å². The quantitative estimate of drug-likeness (QED) is 0.800. The Morgan fingerprint density at radius 2 is 2.20 bits per heavy atom. The molecule has 3 heterocycles. The average Bonchev–Trinajstić information content (AvgIpc) is 3.09. The van der Waals surface area contributed by atoms with Gasteiger partial charge in [0.2, 0.25) is 0 Å². The van der Waals surface area contributed by atoms with E-state index in [4.69, 9.17) is 4.42 Å². The lowest BCUT2D eigenvalue weighted by Crippen LogP contribution is -2.13. The predicted molar refractivity (Wildman–Crippen MR) is 79.4 cm³/mol. The zero-order valence-electron chi connectivity index (χ0n) is 10.8.